The fraction of sp³-hybridized carbons (Fsp3) is 0.273. The highest BCUT2D eigenvalue weighted by Gasteiger charge is 2.26. The summed E-state index contributed by atoms with van der Waals surface area (Å²) in [5.74, 6) is -0.363. The summed E-state index contributed by atoms with van der Waals surface area (Å²) >= 11 is 0. The molecule has 0 unspecified atom stereocenters. The van der Waals surface area contributed by atoms with Gasteiger partial charge in [-0.1, -0.05) is 30.3 Å². The van der Waals surface area contributed by atoms with Crippen LogP contribution in [0.4, 0.5) is 5.69 Å². The molecule has 2 aromatic carbocycles. The van der Waals surface area contributed by atoms with E-state index in [1.54, 1.807) is 29.2 Å². The Kier molecular flexibility index (Phi) is 7.02. The zero-order valence-electron chi connectivity index (χ0n) is 16.7. The molecule has 7 nitrogen and oxygen atoms in total. The third-order valence-electron chi connectivity index (χ3n) is 5.10. The molecule has 30 heavy (non-hydrogen) atoms. The molecule has 2 N–H and O–H groups in total. The van der Waals surface area contributed by atoms with E-state index in [4.69, 9.17) is 0 Å². The molecule has 0 atom stereocenters. The van der Waals surface area contributed by atoms with E-state index >= 15 is 0 Å². The first-order valence-electron chi connectivity index (χ1n) is 9.75. The maximum atomic E-state index is 12.5. The second-order valence-electron chi connectivity index (χ2n) is 7.06. The van der Waals surface area contributed by atoms with Crippen LogP contribution in [0.5, 0.6) is 0 Å². The molecule has 158 valence electrons. The van der Waals surface area contributed by atoms with E-state index < -0.39 is 10.0 Å². The Morgan fingerprint density at radius 3 is 2.23 bits per heavy atom. The highest BCUT2D eigenvalue weighted by atomic mass is 32.2. The number of nitrogens with zero attached hydrogens (tertiary/aromatic N) is 1. The van der Waals surface area contributed by atoms with Crippen LogP contribution in [-0.4, -0.2) is 45.3 Å². The lowest BCUT2D eigenvalue weighted by molar-refractivity contribution is -0.130. The van der Waals surface area contributed by atoms with E-state index in [0.717, 1.165) is 5.56 Å². The molecule has 1 fully saturated rings. The zero-order chi connectivity index (χ0) is 21.6. The van der Waals surface area contributed by atoms with Crippen LogP contribution in [0.15, 0.2) is 65.6 Å². The van der Waals surface area contributed by atoms with Crippen molar-refractivity contribution in [3.8, 4) is 0 Å². The number of amides is 2. The van der Waals surface area contributed by atoms with Gasteiger partial charge in [0.15, 0.2) is 0 Å². The number of hydrogen-bond acceptors (Lipinski definition) is 4. The SMILES string of the molecule is CNS(=O)(=O)c1ccc(NC(=O)C2CCN(C(=O)C=Cc3ccccc3)CC2)cc1. The van der Waals surface area contributed by atoms with E-state index in [9.17, 15) is 18.0 Å². The summed E-state index contributed by atoms with van der Waals surface area (Å²) in [7, 11) is -2.16. The van der Waals surface area contributed by atoms with Gasteiger partial charge in [0.25, 0.3) is 0 Å². The Morgan fingerprint density at radius 2 is 1.63 bits per heavy atom. The fourth-order valence-electron chi connectivity index (χ4n) is 3.28. The van der Waals surface area contributed by atoms with Crippen LogP contribution >= 0.6 is 0 Å². The standard InChI is InChI=1S/C22H25N3O4S/c1-23-30(28,29)20-10-8-19(9-11-20)24-22(27)18-13-15-25(16-14-18)21(26)12-7-17-5-3-2-4-6-17/h2-12,18,23H,13-16H2,1H3,(H,24,27). The van der Waals surface area contributed by atoms with Gasteiger partial charge in [-0.15, -0.1) is 0 Å². The summed E-state index contributed by atoms with van der Waals surface area (Å²) in [6, 6.07) is 15.6. The summed E-state index contributed by atoms with van der Waals surface area (Å²) in [5.41, 5.74) is 1.51. The van der Waals surface area contributed by atoms with Gasteiger partial charge >= 0.3 is 0 Å². The van der Waals surface area contributed by atoms with Crippen LogP contribution in [0.1, 0.15) is 18.4 Å². The van der Waals surface area contributed by atoms with Crippen molar-refractivity contribution >= 4 is 33.6 Å². The van der Waals surface area contributed by atoms with Crippen LogP contribution in [0.2, 0.25) is 0 Å². The van der Waals surface area contributed by atoms with E-state index in [0.29, 0.717) is 31.6 Å². The molecule has 1 heterocycles. The van der Waals surface area contributed by atoms with Crippen molar-refractivity contribution in [2.45, 2.75) is 17.7 Å². The first kappa shape index (κ1) is 21.7. The number of piperidine rings is 1. The average molecular weight is 428 g/mol. The van der Waals surface area contributed by atoms with Gasteiger partial charge in [0.2, 0.25) is 21.8 Å². The minimum Gasteiger partial charge on any atom is -0.339 e. The Hall–Kier alpha value is -2.97. The second-order valence-corrected chi connectivity index (χ2v) is 8.95. The molecule has 1 saturated heterocycles. The lowest BCUT2D eigenvalue weighted by Crippen LogP contribution is -2.40. The first-order valence-corrected chi connectivity index (χ1v) is 11.2. The Balaban J connectivity index is 1.50. The van der Waals surface area contributed by atoms with Gasteiger partial charge in [-0.25, -0.2) is 13.1 Å². The largest absolute Gasteiger partial charge is 0.339 e. The quantitative estimate of drug-likeness (QED) is 0.693. The third kappa shape index (κ3) is 5.55. The highest BCUT2D eigenvalue weighted by Crippen LogP contribution is 2.21. The summed E-state index contributed by atoms with van der Waals surface area (Å²) in [6.45, 7) is 1.05. The molecule has 0 bridgehead atoms. The molecule has 1 aliphatic heterocycles. The van der Waals surface area contributed by atoms with Crippen molar-refractivity contribution in [2.24, 2.45) is 5.92 Å². The molecule has 1 aliphatic rings. The number of carbonyl (C=O) groups is 2. The van der Waals surface area contributed by atoms with Gasteiger partial charge in [-0.05, 0) is 55.8 Å². The monoisotopic (exact) mass is 427 g/mol. The zero-order valence-corrected chi connectivity index (χ0v) is 17.6. The Bertz CT molecular complexity index is 1010. The van der Waals surface area contributed by atoms with E-state index in [1.807, 2.05) is 30.3 Å². The number of sulfonamides is 1. The van der Waals surface area contributed by atoms with E-state index in [-0.39, 0.29) is 22.6 Å². The van der Waals surface area contributed by atoms with Crippen molar-refractivity contribution in [3.05, 3.63) is 66.2 Å². The van der Waals surface area contributed by atoms with Gasteiger partial charge < -0.3 is 10.2 Å². The molecule has 3 rings (SSSR count). The number of rotatable bonds is 6. The molecule has 2 amide bonds. The van der Waals surface area contributed by atoms with Crippen LogP contribution in [-0.2, 0) is 19.6 Å². The maximum Gasteiger partial charge on any atom is 0.246 e. The van der Waals surface area contributed by atoms with Gasteiger partial charge in [-0.3, -0.25) is 9.59 Å². The van der Waals surface area contributed by atoms with Gasteiger partial charge in [0.1, 0.15) is 0 Å². The number of likely N-dealkylation sites (tertiary alicyclic amines) is 1. The van der Waals surface area contributed by atoms with Crippen LogP contribution in [0.25, 0.3) is 6.08 Å². The molecule has 2 aromatic rings. The molecule has 0 saturated carbocycles. The van der Waals surface area contributed by atoms with Gasteiger partial charge in [0.05, 0.1) is 4.90 Å². The lowest BCUT2D eigenvalue weighted by atomic mass is 9.95. The normalized spacial score (nSPS) is 15.3. The number of anilines is 1. The minimum absolute atomic E-state index is 0.0564. The smallest absolute Gasteiger partial charge is 0.246 e. The number of benzene rings is 2. The fourth-order valence-corrected chi connectivity index (χ4v) is 4.01. The molecule has 0 radical (unpaired) electrons. The van der Waals surface area contributed by atoms with Crippen LogP contribution in [0.3, 0.4) is 0 Å². The van der Waals surface area contributed by atoms with Crippen molar-refractivity contribution in [2.75, 3.05) is 25.5 Å². The summed E-state index contributed by atoms with van der Waals surface area (Å²) in [6.07, 6.45) is 4.53. The van der Waals surface area contributed by atoms with Crippen molar-refractivity contribution in [1.82, 2.24) is 9.62 Å². The predicted octanol–water partition coefficient (Wildman–Crippen LogP) is 2.49. The Labute approximate surface area is 176 Å². The van der Waals surface area contributed by atoms with E-state index in [2.05, 4.69) is 10.0 Å². The lowest BCUT2D eigenvalue weighted by Gasteiger charge is -2.30. The predicted molar refractivity (Wildman–Crippen MR) is 116 cm³/mol. The molecular formula is C22H25N3O4S. The third-order valence-corrected chi connectivity index (χ3v) is 6.53. The van der Waals surface area contributed by atoms with Crippen molar-refractivity contribution < 1.29 is 18.0 Å². The van der Waals surface area contributed by atoms with Crippen LogP contribution < -0.4 is 10.0 Å². The second kappa shape index (κ2) is 9.69. The molecule has 0 spiro atoms. The highest BCUT2D eigenvalue weighted by molar-refractivity contribution is 7.89. The van der Waals surface area contributed by atoms with Gasteiger partial charge in [-0.2, -0.15) is 0 Å². The van der Waals surface area contributed by atoms with Crippen molar-refractivity contribution in [3.63, 3.8) is 0 Å². The minimum atomic E-state index is -3.51. The summed E-state index contributed by atoms with van der Waals surface area (Å²) in [5, 5.41) is 2.83. The average Bonchev–Trinajstić information content (AvgIpc) is 2.78. The number of carbonyl (C=O) groups excluding carboxylic acids is 2. The molecular weight excluding hydrogens is 402 g/mol. The van der Waals surface area contributed by atoms with Crippen molar-refractivity contribution in [1.29, 1.82) is 0 Å². The molecule has 8 heteroatoms. The number of hydrogen-bond donors (Lipinski definition) is 2. The maximum absolute atomic E-state index is 12.5. The Morgan fingerprint density at radius 1 is 1.00 bits per heavy atom. The summed E-state index contributed by atoms with van der Waals surface area (Å²) in [4.78, 5) is 26.8. The van der Waals surface area contributed by atoms with E-state index in [1.165, 1.54) is 19.2 Å². The first-order chi connectivity index (χ1) is 14.4. The molecule has 0 aliphatic carbocycles. The molecule has 0 aromatic heterocycles. The van der Waals surface area contributed by atoms with Gasteiger partial charge in [0, 0.05) is 30.8 Å². The number of nitrogens with one attached hydrogen (secondary N) is 2. The van der Waals surface area contributed by atoms with Crippen LogP contribution in [0, 0.1) is 5.92 Å². The summed E-state index contributed by atoms with van der Waals surface area (Å²) < 4.78 is 25.8. The topological polar surface area (TPSA) is 95.6 Å².